The Kier molecular flexibility index (Phi) is 4.44. The van der Waals surface area contributed by atoms with E-state index in [-0.39, 0.29) is 6.61 Å². The molecule has 1 aliphatic rings. The smallest absolute Gasteiger partial charge is 0.415 e. The van der Waals surface area contributed by atoms with Gasteiger partial charge in [0.05, 0.1) is 0 Å². The Labute approximate surface area is 144 Å². The third-order valence-electron chi connectivity index (χ3n) is 4.02. The van der Waals surface area contributed by atoms with Crippen molar-refractivity contribution in [1.82, 2.24) is 0 Å². The van der Waals surface area contributed by atoms with Gasteiger partial charge in [-0.3, -0.25) is 4.90 Å². The predicted octanol–water partition coefficient (Wildman–Crippen LogP) is 4.10. The largest absolute Gasteiger partial charge is 0.479 e. The molecule has 0 aromatic heterocycles. The standard InChI is InChI=1S/C18H16ClNO4/c19-14-6-8-15(9-7-14)20(18(10-11-18)16(21)22)17(23)24-12-13-4-2-1-3-5-13/h1-9H,10-12H2,(H,21,22). The zero-order valence-electron chi connectivity index (χ0n) is 12.8. The summed E-state index contributed by atoms with van der Waals surface area (Å²) in [7, 11) is 0. The Morgan fingerprint density at radius 3 is 2.25 bits per heavy atom. The van der Waals surface area contributed by atoms with Crippen molar-refractivity contribution in [2.75, 3.05) is 4.90 Å². The van der Waals surface area contributed by atoms with Gasteiger partial charge in [-0.15, -0.1) is 0 Å². The molecule has 0 radical (unpaired) electrons. The Morgan fingerprint density at radius 2 is 1.71 bits per heavy atom. The van der Waals surface area contributed by atoms with Crippen LogP contribution in [0.3, 0.4) is 0 Å². The summed E-state index contributed by atoms with van der Waals surface area (Å²) in [6.07, 6.45) is 0.109. The first-order valence-electron chi connectivity index (χ1n) is 7.53. The molecule has 0 spiro atoms. The van der Waals surface area contributed by atoms with E-state index >= 15 is 0 Å². The summed E-state index contributed by atoms with van der Waals surface area (Å²) < 4.78 is 5.34. The van der Waals surface area contributed by atoms with Crippen LogP contribution in [0.5, 0.6) is 0 Å². The van der Waals surface area contributed by atoms with Gasteiger partial charge in [0.2, 0.25) is 0 Å². The highest BCUT2D eigenvalue weighted by Gasteiger charge is 2.58. The van der Waals surface area contributed by atoms with E-state index in [9.17, 15) is 14.7 Å². The van der Waals surface area contributed by atoms with Crippen LogP contribution in [0, 0.1) is 0 Å². The average Bonchev–Trinajstić information content (AvgIpc) is 3.38. The number of anilines is 1. The maximum Gasteiger partial charge on any atom is 0.415 e. The number of aliphatic carboxylic acids is 1. The molecule has 124 valence electrons. The zero-order chi connectivity index (χ0) is 17.2. The molecule has 1 saturated carbocycles. The molecule has 24 heavy (non-hydrogen) atoms. The zero-order valence-corrected chi connectivity index (χ0v) is 13.6. The number of hydrogen-bond acceptors (Lipinski definition) is 3. The van der Waals surface area contributed by atoms with Crippen molar-refractivity contribution in [2.45, 2.75) is 25.0 Å². The van der Waals surface area contributed by atoms with Crippen molar-refractivity contribution < 1.29 is 19.4 Å². The predicted molar refractivity (Wildman–Crippen MR) is 90.2 cm³/mol. The minimum atomic E-state index is -1.23. The summed E-state index contributed by atoms with van der Waals surface area (Å²) in [5.41, 5.74) is 0.0566. The van der Waals surface area contributed by atoms with E-state index in [4.69, 9.17) is 16.3 Å². The van der Waals surface area contributed by atoms with Gasteiger partial charge in [-0.05, 0) is 42.7 Å². The summed E-state index contributed by atoms with van der Waals surface area (Å²) in [6.45, 7) is 0.0828. The second-order valence-corrected chi connectivity index (χ2v) is 6.13. The lowest BCUT2D eigenvalue weighted by Gasteiger charge is -2.28. The molecule has 6 heteroatoms. The Morgan fingerprint density at radius 1 is 1.08 bits per heavy atom. The summed E-state index contributed by atoms with van der Waals surface area (Å²) in [5, 5.41) is 10.1. The van der Waals surface area contributed by atoms with Crippen molar-refractivity contribution in [2.24, 2.45) is 0 Å². The Balaban J connectivity index is 1.83. The molecule has 0 atom stereocenters. The highest BCUT2D eigenvalue weighted by atomic mass is 35.5. The first kappa shape index (κ1) is 16.3. The van der Waals surface area contributed by atoms with E-state index < -0.39 is 17.6 Å². The number of carbonyl (C=O) groups is 2. The van der Waals surface area contributed by atoms with Gasteiger partial charge in [-0.2, -0.15) is 0 Å². The normalized spacial score (nSPS) is 14.7. The van der Waals surface area contributed by atoms with E-state index in [0.29, 0.717) is 23.6 Å². The van der Waals surface area contributed by atoms with E-state index in [1.54, 1.807) is 24.3 Å². The number of benzene rings is 2. The number of ether oxygens (including phenoxy) is 1. The van der Waals surface area contributed by atoms with Crippen LogP contribution in [0.15, 0.2) is 54.6 Å². The van der Waals surface area contributed by atoms with E-state index in [1.807, 2.05) is 30.3 Å². The number of nitrogens with zero attached hydrogens (tertiary/aromatic N) is 1. The maximum atomic E-state index is 12.6. The number of hydrogen-bond donors (Lipinski definition) is 1. The van der Waals surface area contributed by atoms with E-state index in [2.05, 4.69) is 0 Å². The summed E-state index contributed by atoms with van der Waals surface area (Å²) in [5.74, 6) is -1.03. The third-order valence-corrected chi connectivity index (χ3v) is 4.27. The minimum absolute atomic E-state index is 0.0828. The summed E-state index contributed by atoms with van der Waals surface area (Å²) in [6, 6.07) is 15.7. The molecular formula is C18H16ClNO4. The summed E-state index contributed by atoms with van der Waals surface area (Å²) in [4.78, 5) is 25.5. The van der Waals surface area contributed by atoms with Crippen LogP contribution in [-0.2, 0) is 16.1 Å². The lowest BCUT2D eigenvalue weighted by Crippen LogP contribution is -2.47. The fraction of sp³-hybridized carbons (Fsp3) is 0.222. The van der Waals surface area contributed by atoms with E-state index in [1.165, 1.54) is 4.90 Å². The lowest BCUT2D eigenvalue weighted by molar-refractivity contribution is -0.139. The fourth-order valence-electron chi connectivity index (χ4n) is 2.55. The maximum absolute atomic E-state index is 12.6. The lowest BCUT2D eigenvalue weighted by atomic mass is 10.2. The molecule has 0 unspecified atom stereocenters. The van der Waals surface area contributed by atoms with Gasteiger partial charge < -0.3 is 9.84 Å². The molecule has 3 rings (SSSR count). The number of carboxylic acids is 1. The van der Waals surface area contributed by atoms with Gasteiger partial charge >= 0.3 is 12.1 Å². The van der Waals surface area contributed by atoms with Gasteiger partial charge in [0.1, 0.15) is 12.1 Å². The molecule has 5 nitrogen and oxygen atoms in total. The van der Waals surface area contributed by atoms with Crippen molar-refractivity contribution >= 4 is 29.4 Å². The molecule has 1 aliphatic carbocycles. The average molecular weight is 346 g/mol. The number of carbonyl (C=O) groups excluding carboxylic acids is 1. The number of rotatable bonds is 5. The van der Waals surface area contributed by atoms with Crippen LogP contribution in [0.2, 0.25) is 5.02 Å². The van der Waals surface area contributed by atoms with Crippen LogP contribution in [0.4, 0.5) is 10.5 Å². The molecule has 0 bridgehead atoms. The second-order valence-electron chi connectivity index (χ2n) is 5.69. The number of amides is 1. The van der Waals surface area contributed by atoms with Gasteiger partial charge in [-0.1, -0.05) is 41.9 Å². The second kappa shape index (κ2) is 6.53. The van der Waals surface area contributed by atoms with Crippen LogP contribution in [0.25, 0.3) is 0 Å². The number of halogens is 1. The first-order valence-corrected chi connectivity index (χ1v) is 7.91. The highest BCUT2D eigenvalue weighted by Crippen LogP contribution is 2.45. The van der Waals surface area contributed by atoms with Crippen molar-refractivity contribution in [3.05, 3.63) is 65.2 Å². The van der Waals surface area contributed by atoms with Crippen LogP contribution >= 0.6 is 11.6 Å². The molecule has 1 amide bonds. The van der Waals surface area contributed by atoms with Gasteiger partial charge in [-0.25, -0.2) is 9.59 Å². The molecule has 0 heterocycles. The summed E-state index contributed by atoms with van der Waals surface area (Å²) >= 11 is 5.88. The molecular weight excluding hydrogens is 330 g/mol. The quantitative estimate of drug-likeness (QED) is 0.885. The highest BCUT2D eigenvalue weighted by molar-refractivity contribution is 6.30. The first-order chi connectivity index (χ1) is 11.5. The van der Waals surface area contributed by atoms with Crippen molar-refractivity contribution in [1.29, 1.82) is 0 Å². The molecule has 1 N–H and O–H groups in total. The molecule has 0 saturated heterocycles. The minimum Gasteiger partial charge on any atom is -0.479 e. The topological polar surface area (TPSA) is 66.8 Å². The van der Waals surface area contributed by atoms with Crippen molar-refractivity contribution in [3.63, 3.8) is 0 Å². The Bertz CT molecular complexity index is 741. The molecule has 2 aromatic rings. The van der Waals surface area contributed by atoms with Crippen LogP contribution < -0.4 is 4.90 Å². The van der Waals surface area contributed by atoms with Gasteiger partial charge in [0.25, 0.3) is 0 Å². The number of carboxylic acid groups (broad SMARTS) is 1. The van der Waals surface area contributed by atoms with Gasteiger partial charge in [0.15, 0.2) is 0 Å². The monoisotopic (exact) mass is 345 g/mol. The third kappa shape index (κ3) is 3.21. The van der Waals surface area contributed by atoms with E-state index in [0.717, 1.165) is 5.56 Å². The Hall–Kier alpha value is -2.53. The fourth-order valence-corrected chi connectivity index (χ4v) is 2.68. The molecule has 1 fully saturated rings. The van der Waals surface area contributed by atoms with Gasteiger partial charge in [0, 0.05) is 10.7 Å². The van der Waals surface area contributed by atoms with Crippen molar-refractivity contribution in [3.8, 4) is 0 Å². The molecule has 0 aliphatic heterocycles. The molecule has 2 aromatic carbocycles. The van der Waals surface area contributed by atoms with Crippen LogP contribution in [-0.4, -0.2) is 22.7 Å². The van der Waals surface area contributed by atoms with Crippen LogP contribution in [0.1, 0.15) is 18.4 Å². The SMILES string of the molecule is O=C(OCc1ccccc1)N(c1ccc(Cl)cc1)C1(C(=O)O)CC1.